The predicted molar refractivity (Wildman–Crippen MR) is 295 cm³/mol. The van der Waals surface area contributed by atoms with Crippen molar-refractivity contribution in [3.8, 4) is 11.5 Å². The lowest BCUT2D eigenvalue weighted by Crippen LogP contribution is -2.29. The molecule has 2 aromatic rings. The van der Waals surface area contributed by atoms with Gasteiger partial charge in [-0.25, -0.2) is 4.79 Å². The summed E-state index contributed by atoms with van der Waals surface area (Å²) in [5.74, 6) is -1.01. The minimum Gasteiger partial charge on any atom is -0.494 e. The second-order valence-electron chi connectivity index (χ2n) is 17.8. The molecule has 1 heterocycles. The van der Waals surface area contributed by atoms with Crippen LogP contribution in [0.1, 0.15) is 67.1 Å². The van der Waals surface area contributed by atoms with E-state index in [-0.39, 0.29) is 37.5 Å². The summed E-state index contributed by atoms with van der Waals surface area (Å²) < 4.78 is 78.1. The fourth-order valence-electron chi connectivity index (χ4n) is 7.88. The molecule has 79 heavy (non-hydrogen) atoms. The Labute approximate surface area is 465 Å². The summed E-state index contributed by atoms with van der Waals surface area (Å²) in [5.41, 5.74) is 7.20. The van der Waals surface area contributed by atoms with E-state index in [1.807, 2.05) is 33.8 Å². The second-order valence-corrected chi connectivity index (χ2v) is 17.8. The first kappa shape index (κ1) is 66.3. The number of aliphatic carboxylic acids is 1. The molecule has 0 saturated heterocycles. The highest BCUT2D eigenvalue weighted by atomic mass is 16.6. The molecule has 4 rings (SSSR count). The number of carboxylic acid groups (broad SMARTS) is 2. The zero-order valence-corrected chi connectivity index (χ0v) is 46.9. The predicted octanol–water partition coefficient (Wildman–Crippen LogP) is 5.09. The number of aromatic carboxylic acids is 1. The number of likely N-dealkylation sites (N-methyl/N-ethyl adjacent to an activating group) is 1. The summed E-state index contributed by atoms with van der Waals surface area (Å²) in [5, 5.41) is 28.7. The highest BCUT2D eigenvalue weighted by molar-refractivity contribution is 6.00. The molecule has 22 heteroatoms. The van der Waals surface area contributed by atoms with E-state index < -0.39 is 18.0 Å². The van der Waals surface area contributed by atoms with Crippen LogP contribution in [0.3, 0.4) is 0 Å². The molecular weight excluding hydrogens is 1030 g/mol. The Bertz CT molecular complexity index is 2150. The number of carbonyl (C=O) groups excluding carboxylic acids is 1. The number of benzene rings is 2. The lowest BCUT2D eigenvalue weighted by atomic mass is 9.82. The van der Waals surface area contributed by atoms with E-state index in [9.17, 15) is 19.5 Å². The molecule has 444 valence electrons. The Morgan fingerprint density at radius 2 is 1.01 bits per heavy atom. The van der Waals surface area contributed by atoms with Gasteiger partial charge in [0.2, 0.25) is 5.91 Å². The van der Waals surface area contributed by atoms with E-state index in [2.05, 4.69) is 34.2 Å². The molecule has 1 aliphatic carbocycles. The van der Waals surface area contributed by atoms with Crippen molar-refractivity contribution in [2.24, 2.45) is 0 Å². The third kappa shape index (κ3) is 27.7. The molecular formula is C57H87N3O19. The fourth-order valence-corrected chi connectivity index (χ4v) is 7.88. The minimum absolute atomic E-state index is 0.0141. The fraction of sp³-hybridized carbons (Fsp3) is 0.632. The Morgan fingerprint density at radius 3 is 1.47 bits per heavy atom. The van der Waals surface area contributed by atoms with Crippen molar-refractivity contribution < 1.29 is 90.9 Å². The maximum absolute atomic E-state index is 12.8. The maximum Gasteiger partial charge on any atom is 0.336 e. The van der Waals surface area contributed by atoms with Gasteiger partial charge in [-0.2, -0.15) is 0 Å². The Morgan fingerprint density at radius 1 is 0.544 bits per heavy atom. The molecule has 1 unspecified atom stereocenters. The van der Waals surface area contributed by atoms with E-state index in [4.69, 9.17) is 71.4 Å². The van der Waals surface area contributed by atoms with Gasteiger partial charge < -0.3 is 92.5 Å². The van der Waals surface area contributed by atoms with E-state index in [0.29, 0.717) is 182 Å². The normalized spacial score (nSPS) is 13.8. The van der Waals surface area contributed by atoms with Crippen LogP contribution in [0.5, 0.6) is 11.5 Å². The number of carbonyl (C=O) groups is 3. The SMILES string of the molecule is CCNC1=CC2Oc3cc(NCC)c(C)cc3C(c3ccc(OCCCC(=O)NCCOCCOCCOCCOCCOCCOCCOCCOCCOCCOCCOCCOCCC(=O)O)cc3C(=O)O)=C2C=C1C. The number of fused-ring (bicyclic) bond motifs is 2. The van der Waals surface area contributed by atoms with Crippen molar-refractivity contribution in [2.45, 2.75) is 53.1 Å². The number of allylic oxidation sites excluding steroid dienone is 1. The topological polar surface area (TPSA) is 257 Å². The van der Waals surface area contributed by atoms with Gasteiger partial charge in [-0.05, 0) is 87.2 Å². The molecule has 0 radical (unpaired) electrons. The molecule has 0 fully saturated rings. The van der Waals surface area contributed by atoms with Crippen molar-refractivity contribution in [3.05, 3.63) is 81.6 Å². The van der Waals surface area contributed by atoms with Crippen LogP contribution >= 0.6 is 0 Å². The number of anilines is 1. The first-order valence-electron chi connectivity index (χ1n) is 27.5. The largest absolute Gasteiger partial charge is 0.494 e. The van der Waals surface area contributed by atoms with Crippen LogP contribution in [0.4, 0.5) is 5.69 Å². The number of nitrogens with one attached hydrogen (secondary N) is 3. The standard InChI is InChI=1S/C57H87N3O19/c1-5-58-50-41-52-48(38-43(50)3)56(49-39-44(4)51(59-6-2)42-53(49)79-52)46-10-9-45(40-47(46)57(64)65)78-13-7-8-54(61)60-12-15-67-17-19-69-21-23-71-25-27-73-29-31-75-33-35-77-37-36-76-34-32-74-30-28-72-26-24-70-22-20-68-18-16-66-14-11-55(62)63/h9-10,38-42,52,58-59H,5-8,11-37H2,1-4H3,(H,60,61)(H,62,63)(H,64,65). The molecule has 0 saturated carbocycles. The average Bonchev–Trinajstić information content (AvgIpc) is 3.62. The number of amides is 1. The zero-order valence-electron chi connectivity index (χ0n) is 46.9. The number of ether oxygens (including phenoxy) is 14. The maximum atomic E-state index is 12.8. The quantitative estimate of drug-likeness (QED) is 0.0541. The third-order valence-electron chi connectivity index (χ3n) is 11.7. The second kappa shape index (κ2) is 41.8. The molecule has 1 aliphatic heterocycles. The van der Waals surface area contributed by atoms with Crippen LogP contribution in [-0.4, -0.2) is 219 Å². The van der Waals surface area contributed by atoms with Crippen LogP contribution in [0.15, 0.2) is 59.3 Å². The van der Waals surface area contributed by atoms with E-state index in [1.54, 1.807) is 18.2 Å². The summed E-state index contributed by atoms with van der Waals surface area (Å²) in [6.45, 7) is 20.4. The summed E-state index contributed by atoms with van der Waals surface area (Å²) in [7, 11) is 0. The van der Waals surface area contributed by atoms with E-state index in [0.717, 1.165) is 52.3 Å². The molecule has 2 aromatic carbocycles. The van der Waals surface area contributed by atoms with Gasteiger partial charge in [-0.15, -0.1) is 0 Å². The van der Waals surface area contributed by atoms with Crippen LogP contribution in [-0.2, 0) is 66.4 Å². The van der Waals surface area contributed by atoms with Crippen LogP contribution in [0.25, 0.3) is 5.57 Å². The van der Waals surface area contributed by atoms with E-state index >= 15 is 0 Å². The van der Waals surface area contributed by atoms with Gasteiger partial charge in [0, 0.05) is 60.2 Å². The average molecular weight is 1120 g/mol. The number of aryl methyl sites for hydroxylation is 1. The Balaban J connectivity index is 0.905. The zero-order chi connectivity index (χ0) is 56.6. The molecule has 0 bridgehead atoms. The van der Waals surface area contributed by atoms with Crippen molar-refractivity contribution in [1.82, 2.24) is 10.6 Å². The van der Waals surface area contributed by atoms with Gasteiger partial charge in [0.15, 0.2) is 0 Å². The number of rotatable bonds is 50. The van der Waals surface area contributed by atoms with Crippen molar-refractivity contribution in [3.63, 3.8) is 0 Å². The smallest absolute Gasteiger partial charge is 0.336 e. The van der Waals surface area contributed by atoms with Crippen LogP contribution in [0.2, 0.25) is 0 Å². The van der Waals surface area contributed by atoms with Gasteiger partial charge >= 0.3 is 11.9 Å². The Kier molecular flexibility index (Phi) is 35.0. The molecule has 1 atom stereocenters. The lowest BCUT2D eigenvalue weighted by molar-refractivity contribution is -0.138. The molecule has 1 amide bonds. The molecule has 2 aliphatic rings. The summed E-state index contributed by atoms with van der Waals surface area (Å²) in [4.78, 5) is 35.7. The Hall–Kier alpha value is -5.21. The van der Waals surface area contributed by atoms with E-state index in [1.165, 1.54) is 0 Å². The highest BCUT2D eigenvalue weighted by Crippen LogP contribution is 2.46. The molecule has 22 nitrogen and oxygen atoms in total. The summed E-state index contributed by atoms with van der Waals surface area (Å²) >= 11 is 0. The minimum atomic E-state index is -1.07. The van der Waals surface area contributed by atoms with Crippen LogP contribution < -0.4 is 25.4 Å². The van der Waals surface area contributed by atoms with Gasteiger partial charge in [0.25, 0.3) is 0 Å². The first-order valence-corrected chi connectivity index (χ1v) is 27.5. The highest BCUT2D eigenvalue weighted by Gasteiger charge is 2.33. The van der Waals surface area contributed by atoms with Gasteiger partial charge in [0.05, 0.1) is 177 Å². The van der Waals surface area contributed by atoms with Crippen molar-refractivity contribution in [1.29, 1.82) is 0 Å². The first-order chi connectivity index (χ1) is 38.6. The van der Waals surface area contributed by atoms with Crippen molar-refractivity contribution in [2.75, 3.05) is 190 Å². The molecule has 0 spiro atoms. The van der Waals surface area contributed by atoms with Crippen molar-refractivity contribution >= 4 is 29.1 Å². The van der Waals surface area contributed by atoms with Gasteiger partial charge in [0.1, 0.15) is 17.6 Å². The molecule has 5 N–H and O–H groups in total. The summed E-state index contributed by atoms with van der Waals surface area (Å²) in [6.07, 6.45) is 4.39. The lowest BCUT2D eigenvalue weighted by Gasteiger charge is -2.33. The van der Waals surface area contributed by atoms with Crippen LogP contribution in [0, 0.1) is 6.92 Å². The van der Waals surface area contributed by atoms with Gasteiger partial charge in [-0.3, -0.25) is 9.59 Å². The third-order valence-corrected chi connectivity index (χ3v) is 11.7. The number of carboxylic acids is 2. The number of hydrogen-bond donors (Lipinski definition) is 5. The van der Waals surface area contributed by atoms with Gasteiger partial charge in [-0.1, -0.05) is 0 Å². The number of hydrogen-bond acceptors (Lipinski definition) is 19. The molecule has 0 aromatic heterocycles. The summed E-state index contributed by atoms with van der Waals surface area (Å²) in [6, 6.07) is 9.18. The monoisotopic (exact) mass is 1120 g/mol.